The summed E-state index contributed by atoms with van der Waals surface area (Å²) < 4.78 is 0. The summed E-state index contributed by atoms with van der Waals surface area (Å²) in [4.78, 5) is 26.6. The van der Waals surface area contributed by atoms with Gasteiger partial charge in [0.25, 0.3) is 11.8 Å². The lowest BCUT2D eigenvalue weighted by Crippen LogP contribution is -2.26. The molecule has 0 unspecified atom stereocenters. The Bertz CT molecular complexity index is 636. The standard InChI is InChI=1S/C15H15N3O3/c16-14(20)13-6-3-11(9-18-13)15(21)17-8-7-10-1-4-12(19)5-2-10/h1-6,9,19H,7-8H2,(H2,16,20)(H,17,21). The summed E-state index contributed by atoms with van der Waals surface area (Å²) >= 11 is 0. The predicted molar refractivity (Wildman–Crippen MR) is 76.9 cm³/mol. The third kappa shape index (κ3) is 4.04. The first-order valence-electron chi connectivity index (χ1n) is 6.38. The van der Waals surface area contributed by atoms with Gasteiger partial charge in [-0.05, 0) is 36.2 Å². The average Bonchev–Trinajstić information content (AvgIpc) is 2.49. The summed E-state index contributed by atoms with van der Waals surface area (Å²) in [5, 5.41) is 11.9. The molecule has 0 spiro atoms. The largest absolute Gasteiger partial charge is 0.508 e. The lowest BCUT2D eigenvalue weighted by Gasteiger charge is -2.05. The number of rotatable bonds is 5. The summed E-state index contributed by atoms with van der Waals surface area (Å²) in [6, 6.07) is 9.71. The molecular weight excluding hydrogens is 270 g/mol. The van der Waals surface area contributed by atoms with E-state index in [9.17, 15) is 14.7 Å². The van der Waals surface area contributed by atoms with Crippen molar-refractivity contribution < 1.29 is 14.7 Å². The minimum atomic E-state index is -0.630. The summed E-state index contributed by atoms with van der Waals surface area (Å²) in [6.07, 6.45) is 1.97. The van der Waals surface area contributed by atoms with E-state index in [2.05, 4.69) is 10.3 Å². The summed E-state index contributed by atoms with van der Waals surface area (Å²) in [5.41, 5.74) is 6.57. The zero-order valence-electron chi connectivity index (χ0n) is 11.2. The van der Waals surface area contributed by atoms with Crippen LogP contribution in [-0.2, 0) is 6.42 Å². The van der Waals surface area contributed by atoms with Gasteiger partial charge in [-0.25, -0.2) is 0 Å². The number of amides is 2. The molecule has 21 heavy (non-hydrogen) atoms. The number of nitrogens with one attached hydrogen (secondary N) is 1. The zero-order chi connectivity index (χ0) is 15.2. The molecule has 0 aliphatic carbocycles. The van der Waals surface area contributed by atoms with E-state index in [0.29, 0.717) is 18.5 Å². The van der Waals surface area contributed by atoms with Gasteiger partial charge in [-0.2, -0.15) is 0 Å². The molecule has 2 aromatic rings. The van der Waals surface area contributed by atoms with Crippen LogP contribution in [-0.4, -0.2) is 28.4 Å². The molecule has 0 aliphatic rings. The first-order valence-corrected chi connectivity index (χ1v) is 6.38. The van der Waals surface area contributed by atoms with Crippen LogP contribution in [0.2, 0.25) is 0 Å². The number of phenolic OH excluding ortho intramolecular Hbond substituents is 1. The van der Waals surface area contributed by atoms with Gasteiger partial charge >= 0.3 is 0 Å². The summed E-state index contributed by atoms with van der Waals surface area (Å²) in [5.74, 6) is -0.685. The molecule has 2 amide bonds. The van der Waals surface area contributed by atoms with Crippen molar-refractivity contribution in [2.75, 3.05) is 6.54 Å². The molecule has 0 bridgehead atoms. The molecule has 1 heterocycles. The predicted octanol–water partition coefficient (Wildman–Crippen LogP) is 0.859. The fraction of sp³-hybridized carbons (Fsp3) is 0.133. The maximum atomic E-state index is 11.9. The highest BCUT2D eigenvalue weighted by molar-refractivity contribution is 5.95. The highest BCUT2D eigenvalue weighted by atomic mass is 16.3. The Balaban J connectivity index is 1.86. The number of carbonyl (C=O) groups is 2. The van der Waals surface area contributed by atoms with Crippen molar-refractivity contribution in [3.8, 4) is 5.75 Å². The fourth-order valence-corrected chi connectivity index (χ4v) is 1.76. The summed E-state index contributed by atoms with van der Waals surface area (Å²) in [6.45, 7) is 0.460. The van der Waals surface area contributed by atoms with Crippen LogP contribution in [0.5, 0.6) is 5.75 Å². The van der Waals surface area contributed by atoms with E-state index in [1.807, 2.05) is 0 Å². The molecule has 108 valence electrons. The normalized spacial score (nSPS) is 10.1. The molecule has 1 aromatic carbocycles. The molecule has 1 aromatic heterocycles. The highest BCUT2D eigenvalue weighted by Gasteiger charge is 2.07. The molecule has 0 radical (unpaired) electrons. The van der Waals surface area contributed by atoms with Gasteiger partial charge < -0.3 is 16.2 Å². The van der Waals surface area contributed by atoms with Gasteiger partial charge in [0.1, 0.15) is 11.4 Å². The number of carbonyl (C=O) groups excluding carboxylic acids is 2. The number of aromatic nitrogens is 1. The first-order chi connectivity index (χ1) is 10.1. The zero-order valence-corrected chi connectivity index (χ0v) is 11.2. The molecule has 0 aliphatic heterocycles. The van der Waals surface area contributed by atoms with Crippen molar-refractivity contribution in [2.45, 2.75) is 6.42 Å². The van der Waals surface area contributed by atoms with Gasteiger partial charge in [0, 0.05) is 12.7 Å². The fourth-order valence-electron chi connectivity index (χ4n) is 1.76. The minimum Gasteiger partial charge on any atom is -0.508 e. The first kappa shape index (κ1) is 14.5. The van der Waals surface area contributed by atoms with E-state index < -0.39 is 5.91 Å². The van der Waals surface area contributed by atoms with Gasteiger partial charge in [-0.3, -0.25) is 14.6 Å². The third-order valence-electron chi connectivity index (χ3n) is 2.91. The Labute approximate surface area is 121 Å². The Hall–Kier alpha value is -2.89. The van der Waals surface area contributed by atoms with Gasteiger partial charge in [-0.1, -0.05) is 12.1 Å². The van der Waals surface area contributed by atoms with E-state index in [-0.39, 0.29) is 17.4 Å². The van der Waals surface area contributed by atoms with E-state index in [4.69, 9.17) is 5.73 Å². The average molecular weight is 285 g/mol. The number of nitrogens with two attached hydrogens (primary N) is 1. The van der Waals surface area contributed by atoms with E-state index >= 15 is 0 Å². The molecule has 6 nitrogen and oxygen atoms in total. The topological polar surface area (TPSA) is 105 Å². The van der Waals surface area contributed by atoms with Crippen LogP contribution in [0.15, 0.2) is 42.6 Å². The number of phenols is 1. The van der Waals surface area contributed by atoms with Crippen LogP contribution >= 0.6 is 0 Å². The minimum absolute atomic E-state index is 0.121. The maximum absolute atomic E-state index is 11.9. The molecule has 0 saturated carbocycles. The Kier molecular flexibility index (Phi) is 4.50. The number of pyridine rings is 1. The molecule has 4 N–H and O–H groups in total. The van der Waals surface area contributed by atoms with Crippen molar-refractivity contribution in [1.82, 2.24) is 10.3 Å². The summed E-state index contributed by atoms with van der Waals surface area (Å²) in [7, 11) is 0. The van der Waals surface area contributed by atoms with Crippen molar-refractivity contribution in [1.29, 1.82) is 0 Å². The Morgan fingerprint density at radius 2 is 1.86 bits per heavy atom. The van der Waals surface area contributed by atoms with Gasteiger partial charge in [-0.15, -0.1) is 0 Å². The maximum Gasteiger partial charge on any atom is 0.267 e. The lowest BCUT2D eigenvalue weighted by atomic mass is 10.1. The van der Waals surface area contributed by atoms with Crippen LogP contribution in [0.4, 0.5) is 0 Å². The number of primary amides is 1. The van der Waals surface area contributed by atoms with Crippen molar-refractivity contribution >= 4 is 11.8 Å². The van der Waals surface area contributed by atoms with Crippen LogP contribution in [0.25, 0.3) is 0 Å². The second-order valence-corrected chi connectivity index (χ2v) is 4.47. The Morgan fingerprint density at radius 3 is 2.43 bits per heavy atom. The smallest absolute Gasteiger partial charge is 0.267 e. The molecular formula is C15H15N3O3. The molecule has 0 saturated heterocycles. The number of benzene rings is 1. The van der Waals surface area contributed by atoms with E-state index in [0.717, 1.165) is 5.56 Å². The van der Waals surface area contributed by atoms with Gasteiger partial charge in [0.05, 0.1) is 5.56 Å². The molecule has 6 heteroatoms. The molecule has 2 rings (SSSR count). The van der Waals surface area contributed by atoms with E-state index in [1.54, 1.807) is 24.3 Å². The monoisotopic (exact) mass is 285 g/mol. The highest BCUT2D eigenvalue weighted by Crippen LogP contribution is 2.09. The SMILES string of the molecule is NC(=O)c1ccc(C(=O)NCCc2ccc(O)cc2)cn1. The van der Waals surface area contributed by atoms with Crippen molar-refractivity contribution in [2.24, 2.45) is 5.73 Å². The van der Waals surface area contributed by atoms with Crippen LogP contribution in [0.1, 0.15) is 26.4 Å². The Morgan fingerprint density at radius 1 is 1.14 bits per heavy atom. The quantitative estimate of drug-likeness (QED) is 0.757. The number of aromatic hydroxyl groups is 1. The van der Waals surface area contributed by atoms with Crippen molar-refractivity contribution in [3.63, 3.8) is 0 Å². The number of hydrogen-bond donors (Lipinski definition) is 3. The lowest BCUT2D eigenvalue weighted by molar-refractivity contribution is 0.0950. The molecule has 0 fully saturated rings. The third-order valence-corrected chi connectivity index (χ3v) is 2.91. The van der Waals surface area contributed by atoms with Gasteiger partial charge in [0.2, 0.25) is 0 Å². The number of nitrogens with zero attached hydrogens (tertiary/aromatic N) is 1. The second-order valence-electron chi connectivity index (χ2n) is 4.47. The second kappa shape index (κ2) is 6.51. The molecule has 0 atom stereocenters. The van der Waals surface area contributed by atoms with Gasteiger partial charge in [0.15, 0.2) is 0 Å². The van der Waals surface area contributed by atoms with Crippen LogP contribution in [0.3, 0.4) is 0 Å². The number of hydrogen-bond acceptors (Lipinski definition) is 4. The van der Waals surface area contributed by atoms with Crippen molar-refractivity contribution in [3.05, 3.63) is 59.4 Å². The van der Waals surface area contributed by atoms with E-state index in [1.165, 1.54) is 18.3 Å². The van der Waals surface area contributed by atoms with Crippen LogP contribution in [0, 0.1) is 0 Å². The van der Waals surface area contributed by atoms with Crippen LogP contribution < -0.4 is 11.1 Å².